The molecule has 1 heterocycles. The van der Waals surface area contributed by atoms with Gasteiger partial charge in [-0.15, -0.1) is 11.3 Å². The molecule has 1 aromatic carbocycles. The van der Waals surface area contributed by atoms with Crippen LogP contribution in [0.4, 0.5) is 0 Å². The summed E-state index contributed by atoms with van der Waals surface area (Å²) in [5, 5.41) is 3.09. The Bertz CT molecular complexity index is 536. The Hall–Kier alpha value is -1.19. The molecule has 0 amide bonds. The van der Waals surface area contributed by atoms with Gasteiger partial charge in [0.1, 0.15) is 0 Å². The maximum atomic E-state index is 12.2. The molecule has 0 saturated heterocycles. The molecule has 0 bridgehead atoms. The zero-order chi connectivity index (χ0) is 12.5. The summed E-state index contributed by atoms with van der Waals surface area (Å²) in [4.78, 5) is 12.2. The highest BCUT2D eigenvalue weighted by molar-refractivity contribution is 7.17. The molecule has 0 aliphatic rings. The van der Waals surface area contributed by atoms with Gasteiger partial charge in [0.05, 0.1) is 34.1 Å². The predicted octanol–water partition coefficient (Wildman–Crippen LogP) is 3.18. The molecule has 0 unspecified atom stereocenters. The highest BCUT2D eigenvalue weighted by Gasteiger charge is 2.15. The van der Waals surface area contributed by atoms with Gasteiger partial charge >= 0.3 is 0 Å². The highest BCUT2D eigenvalue weighted by Crippen LogP contribution is 2.26. The van der Waals surface area contributed by atoms with Gasteiger partial charge in [0.15, 0.2) is 5.78 Å². The zero-order valence-corrected chi connectivity index (χ0v) is 11.4. The molecule has 2 nitrogen and oxygen atoms in total. The van der Waals surface area contributed by atoms with Crippen LogP contribution in [-0.4, -0.2) is 38.0 Å². The topological polar surface area (TPSA) is 17.1 Å². The van der Waals surface area contributed by atoms with Gasteiger partial charge in [0, 0.05) is 21.0 Å². The Morgan fingerprint density at radius 3 is 2.65 bits per heavy atom. The normalized spacial score (nSPS) is 11.9. The summed E-state index contributed by atoms with van der Waals surface area (Å²) in [6.07, 6.45) is 0.615. The van der Waals surface area contributed by atoms with E-state index in [2.05, 4.69) is 27.2 Å². The summed E-state index contributed by atoms with van der Waals surface area (Å²) >= 11 is 1.65. The minimum absolute atomic E-state index is 0.260. The van der Waals surface area contributed by atoms with Gasteiger partial charge in [0.2, 0.25) is 0 Å². The summed E-state index contributed by atoms with van der Waals surface area (Å²) in [6.45, 7) is 0.878. The molecule has 0 saturated carbocycles. The lowest BCUT2D eigenvalue weighted by atomic mass is 10.1. The third-order valence-electron chi connectivity index (χ3n) is 2.79. The van der Waals surface area contributed by atoms with Crippen molar-refractivity contribution in [2.75, 3.05) is 27.7 Å². The lowest BCUT2D eigenvalue weighted by Gasteiger charge is -2.23. The van der Waals surface area contributed by atoms with Crippen LogP contribution in [-0.2, 0) is 0 Å². The second kappa shape index (κ2) is 4.59. The first-order chi connectivity index (χ1) is 7.97. The molecule has 90 valence electrons. The molecular weight excluding hydrogens is 230 g/mol. The van der Waals surface area contributed by atoms with Crippen molar-refractivity contribution in [1.82, 2.24) is 0 Å². The van der Waals surface area contributed by atoms with Gasteiger partial charge in [0.25, 0.3) is 0 Å². The van der Waals surface area contributed by atoms with E-state index in [0.717, 1.165) is 22.0 Å². The van der Waals surface area contributed by atoms with Crippen LogP contribution in [0.3, 0.4) is 0 Å². The van der Waals surface area contributed by atoms with Gasteiger partial charge < -0.3 is 4.48 Å². The molecule has 0 atom stereocenters. The van der Waals surface area contributed by atoms with Crippen LogP contribution in [0, 0.1) is 0 Å². The Balaban J connectivity index is 2.20. The fourth-order valence-electron chi connectivity index (χ4n) is 1.77. The predicted molar refractivity (Wildman–Crippen MR) is 73.7 cm³/mol. The molecule has 0 aliphatic heterocycles. The van der Waals surface area contributed by atoms with E-state index < -0.39 is 0 Å². The van der Waals surface area contributed by atoms with Crippen LogP contribution >= 0.6 is 11.3 Å². The van der Waals surface area contributed by atoms with Gasteiger partial charge in [-0.2, -0.15) is 0 Å². The standard InChI is InChI=1S/C14H18NOS/c1-15(2,3)9-8-13(16)12-10-17-14-7-5-4-6-11(12)14/h4-7,10H,8-9H2,1-3H3/q+1. The van der Waals surface area contributed by atoms with Crippen LogP contribution in [0.25, 0.3) is 10.1 Å². The third-order valence-corrected chi connectivity index (χ3v) is 3.75. The molecule has 0 radical (unpaired) electrons. The summed E-state index contributed by atoms with van der Waals surface area (Å²) < 4.78 is 2.02. The minimum atomic E-state index is 0.260. The number of nitrogens with zero attached hydrogens (tertiary/aromatic N) is 1. The third kappa shape index (κ3) is 2.93. The van der Waals surface area contributed by atoms with E-state index in [4.69, 9.17) is 0 Å². The first kappa shape index (κ1) is 12.3. The number of carbonyl (C=O) groups is 1. The lowest BCUT2D eigenvalue weighted by Crippen LogP contribution is -2.36. The van der Waals surface area contributed by atoms with Crippen molar-refractivity contribution in [1.29, 1.82) is 0 Å². The Kier molecular flexibility index (Phi) is 3.31. The minimum Gasteiger partial charge on any atom is -0.331 e. The number of rotatable bonds is 4. The number of thiophene rings is 1. The number of ketones is 1. The largest absolute Gasteiger partial charge is 0.331 e. The van der Waals surface area contributed by atoms with E-state index in [9.17, 15) is 4.79 Å². The van der Waals surface area contributed by atoms with Crippen LogP contribution in [0.5, 0.6) is 0 Å². The number of quaternary nitrogens is 1. The van der Waals surface area contributed by atoms with Gasteiger partial charge in [-0.3, -0.25) is 4.79 Å². The van der Waals surface area contributed by atoms with Gasteiger partial charge in [-0.25, -0.2) is 0 Å². The average Bonchev–Trinajstić information content (AvgIpc) is 2.68. The fourth-order valence-corrected chi connectivity index (χ4v) is 2.73. The summed E-state index contributed by atoms with van der Waals surface area (Å²) in [5.74, 6) is 0.260. The quantitative estimate of drug-likeness (QED) is 0.600. The molecule has 3 heteroatoms. The van der Waals surface area contributed by atoms with E-state index in [-0.39, 0.29) is 5.78 Å². The van der Waals surface area contributed by atoms with Crippen molar-refractivity contribution in [2.24, 2.45) is 0 Å². The monoisotopic (exact) mass is 248 g/mol. The Labute approximate surface area is 106 Å². The van der Waals surface area contributed by atoms with Gasteiger partial charge in [-0.05, 0) is 6.07 Å². The van der Waals surface area contributed by atoms with Crippen LogP contribution in [0.1, 0.15) is 16.8 Å². The molecule has 0 fully saturated rings. The number of benzene rings is 1. The van der Waals surface area contributed by atoms with Crippen molar-refractivity contribution >= 4 is 27.2 Å². The molecular formula is C14H18NOS+. The number of Topliss-reactive ketones (excluding diaryl/α,β-unsaturated/α-hetero) is 1. The number of fused-ring (bicyclic) bond motifs is 1. The van der Waals surface area contributed by atoms with Crippen molar-refractivity contribution in [3.05, 3.63) is 35.2 Å². The number of carbonyl (C=O) groups excluding carboxylic acids is 1. The molecule has 2 aromatic rings. The second-order valence-electron chi connectivity index (χ2n) is 5.33. The van der Waals surface area contributed by atoms with Crippen LogP contribution < -0.4 is 0 Å². The summed E-state index contributed by atoms with van der Waals surface area (Å²) in [7, 11) is 6.33. The molecule has 0 spiro atoms. The second-order valence-corrected chi connectivity index (χ2v) is 6.24. The van der Waals surface area contributed by atoms with E-state index in [1.165, 1.54) is 4.70 Å². The number of hydrogen-bond acceptors (Lipinski definition) is 2. The SMILES string of the molecule is C[N+](C)(C)CCC(=O)c1csc2ccccc12. The summed E-state index contributed by atoms with van der Waals surface area (Å²) in [5.41, 5.74) is 0.888. The fraction of sp³-hybridized carbons (Fsp3) is 0.357. The smallest absolute Gasteiger partial charge is 0.169 e. The van der Waals surface area contributed by atoms with Crippen molar-refractivity contribution < 1.29 is 9.28 Å². The number of hydrogen-bond donors (Lipinski definition) is 0. The van der Waals surface area contributed by atoms with Crippen molar-refractivity contribution in [2.45, 2.75) is 6.42 Å². The highest BCUT2D eigenvalue weighted by atomic mass is 32.1. The first-order valence-electron chi connectivity index (χ1n) is 5.77. The lowest BCUT2D eigenvalue weighted by molar-refractivity contribution is -0.869. The maximum Gasteiger partial charge on any atom is 0.169 e. The van der Waals surface area contributed by atoms with E-state index in [0.29, 0.717) is 6.42 Å². The summed E-state index contributed by atoms with van der Waals surface area (Å²) in [6, 6.07) is 8.10. The molecule has 2 rings (SSSR count). The van der Waals surface area contributed by atoms with E-state index in [1.807, 2.05) is 23.6 Å². The van der Waals surface area contributed by atoms with Crippen molar-refractivity contribution in [3.8, 4) is 0 Å². The molecule has 0 aliphatic carbocycles. The average molecular weight is 248 g/mol. The van der Waals surface area contributed by atoms with E-state index in [1.54, 1.807) is 11.3 Å². The van der Waals surface area contributed by atoms with Crippen molar-refractivity contribution in [3.63, 3.8) is 0 Å². The zero-order valence-electron chi connectivity index (χ0n) is 10.6. The Morgan fingerprint density at radius 2 is 1.94 bits per heavy atom. The van der Waals surface area contributed by atoms with Gasteiger partial charge in [-0.1, -0.05) is 18.2 Å². The molecule has 17 heavy (non-hydrogen) atoms. The maximum absolute atomic E-state index is 12.2. The van der Waals surface area contributed by atoms with E-state index >= 15 is 0 Å². The molecule has 0 N–H and O–H groups in total. The molecule has 1 aromatic heterocycles. The van der Waals surface area contributed by atoms with Crippen LogP contribution in [0.2, 0.25) is 0 Å². The van der Waals surface area contributed by atoms with Crippen LogP contribution in [0.15, 0.2) is 29.6 Å². The Morgan fingerprint density at radius 1 is 1.24 bits per heavy atom. The first-order valence-corrected chi connectivity index (χ1v) is 6.65.